The van der Waals surface area contributed by atoms with Gasteiger partial charge in [0.2, 0.25) is 23.6 Å². The summed E-state index contributed by atoms with van der Waals surface area (Å²) in [6.07, 6.45) is 9.53. The third kappa shape index (κ3) is 31.1. The van der Waals surface area contributed by atoms with Crippen molar-refractivity contribution >= 4 is 82.8 Å². The Labute approximate surface area is 530 Å². The predicted octanol–water partition coefficient (Wildman–Crippen LogP) is 3.48. The molecule has 0 saturated carbocycles. The number of ether oxygens (including phenoxy) is 6. The monoisotopic (exact) mass is 1290 g/mol. The molecule has 4 rings (SSSR count). The Kier molecular flexibility index (Phi) is 35.0. The van der Waals surface area contributed by atoms with Crippen molar-refractivity contribution < 1.29 is 95.8 Å². The minimum atomic E-state index is -0.996. The van der Waals surface area contributed by atoms with E-state index in [1.54, 1.807) is 0 Å². The normalized spacial score (nSPS) is 12.3. The number of hydrogen-bond acceptors (Lipinski definition) is 22. The van der Waals surface area contributed by atoms with Crippen molar-refractivity contribution in [3.8, 4) is 11.5 Å². The molecular formula is C60H80N10O22. The Balaban J connectivity index is 1.14. The second-order valence-corrected chi connectivity index (χ2v) is 20.7. The first-order valence-electron chi connectivity index (χ1n) is 30.3. The number of imide groups is 2. The summed E-state index contributed by atoms with van der Waals surface area (Å²) in [5.41, 5.74) is -0.306. The van der Waals surface area contributed by atoms with E-state index >= 15 is 0 Å². The highest BCUT2D eigenvalue weighted by Gasteiger charge is 2.25. The van der Waals surface area contributed by atoms with Crippen molar-refractivity contribution in [1.29, 1.82) is 0 Å². The van der Waals surface area contributed by atoms with Crippen molar-refractivity contribution in [3.63, 3.8) is 0 Å². The van der Waals surface area contributed by atoms with Crippen LogP contribution in [0.25, 0.3) is 0 Å². The Morgan fingerprint density at radius 2 is 0.739 bits per heavy atom. The molecule has 32 nitrogen and oxygen atoms in total. The molecule has 2 aliphatic rings. The van der Waals surface area contributed by atoms with E-state index in [2.05, 4.69) is 21.3 Å². The SMILES string of the molecule is O=C(CCCCCN1C(=O)C=CC1=O)NCCN(CCNC(=O)CCCCCN1C(=O)C=CC1=O)C(=O)OCCOCCOCCOC(=O)N(CC(=O)NCCCCCC(=O)Oc1ccc([N+](=O)[O-])cc1)CC(=O)NCCCCCC(=O)Oc1ccc([N+](=O)[O-])cc1. The number of non-ortho nitro benzene ring substituents is 2. The van der Waals surface area contributed by atoms with Gasteiger partial charge in [0.1, 0.15) is 37.8 Å². The summed E-state index contributed by atoms with van der Waals surface area (Å²) in [5.74, 6) is -4.01. The van der Waals surface area contributed by atoms with Crippen LogP contribution in [-0.2, 0) is 66.9 Å². The van der Waals surface area contributed by atoms with Crippen LogP contribution in [0, 0.1) is 20.2 Å². The number of unbranched alkanes of at least 4 members (excludes halogenated alkanes) is 8. The summed E-state index contributed by atoms with van der Waals surface area (Å²) in [7, 11) is 0. The number of carbonyl (C=O) groups is 12. The van der Waals surface area contributed by atoms with Crippen molar-refractivity contribution in [2.75, 3.05) is 105 Å². The van der Waals surface area contributed by atoms with Gasteiger partial charge in [-0.2, -0.15) is 0 Å². The maximum absolute atomic E-state index is 13.2. The molecule has 0 unspecified atom stereocenters. The smallest absolute Gasteiger partial charge is 0.410 e. The van der Waals surface area contributed by atoms with Gasteiger partial charge in [-0.05, 0) is 75.6 Å². The zero-order chi connectivity index (χ0) is 66.9. The van der Waals surface area contributed by atoms with Crippen LogP contribution in [0.1, 0.15) is 103 Å². The summed E-state index contributed by atoms with van der Waals surface area (Å²) < 4.78 is 32.2. The lowest BCUT2D eigenvalue weighted by Crippen LogP contribution is -2.46. The molecule has 0 radical (unpaired) electrons. The average molecular weight is 1290 g/mol. The maximum Gasteiger partial charge on any atom is 0.410 e. The maximum atomic E-state index is 13.2. The molecule has 2 heterocycles. The first-order chi connectivity index (χ1) is 44.3. The van der Waals surface area contributed by atoms with Crippen LogP contribution in [0.15, 0.2) is 72.8 Å². The largest absolute Gasteiger partial charge is 0.447 e. The Bertz CT molecular complexity index is 2680. The van der Waals surface area contributed by atoms with Gasteiger partial charge in [-0.25, -0.2) is 9.59 Å². The van der Waals surface area contributed by atoms with Gasteiger partial charge >= 0.3 is 24.1 Å². The standard InChI is InChI=1S/C60H80N10O22/c71-49(13-5-3-11-33-67-53(75)25-26-54(67)76)63-31-35-65(36-32-64-50(72)14-6-4-12-34-68-55(77)27-28-56(68)78)59(81)89-41-39-87-37-38-88-40-42-90-60(82)66(43-51(73)61-29-9-1-7-15-57(79)91-47-21-17-45(18-22-47)69(83)84)44-52(74)62-30-10-2-8-16-58(80)92-48-23-19-46(20-24-48)70(85)86/h17-28H,1-16,29-44H2,(H,61,73)(H,62,74)(H,63,71)(H,64,72). The highest BCUT2D eigenvalue weighted by molar-refractivity contribution is 6.13. The molecule has 0 saturated heterocycles. The molecule has 4 N–H and O–H groups in total. The Morgan fingerprint density at radius 3 is 1.12 bits per heavy atom. The second kappa shape index (κ2) is 43.1. The number of nitro benzene ring substituents is 2. The second-order valence-electron chi connectivity index (χ2n) is 20.7. The third-order valence-corrected chi connectivity index (χ3v) is 13.6. The van der Waals surface area contributed by atoms with Gasteiger partial charge in [0.25, 0.3) is 35.0 Å². The summed E-state index contributed by atoms with van der Waals surface area (Å²) in [4.78, 5) is 174. The van der Waals surface area contributed by atoms with Gasteiger partial charge in [0, 0.05) is 127 Å². The molecule has 0 fully saturated rings. The quantitative estimate of drug-likeness (QED) is 0.0184. The fraction of sp³-hybridized carbons (Fsp3) is 0.533. The number of esters is 2. The predicted molar refractivity (Wildman–Crippen MR) is 323 cm³/mol. The summed E-state index contributed by atoms with van der Waals surface area (Å²) >= 11 is 0. The van der Waals surface area contributed by atoms with Crippen molar-refractivity contribution in [1.82, 2.24) is 40.9 Å². The van der Waals surface area contributed by atoms with E-state index in [4.69, 9.17) is 28.4 Å². The fourth-order valence-corrected chi connectivity index (χ4v) is 8.66. The van der Waals surface area contributed by atoms with Gasteiger partial charge in [-0.3, -0.25) is 82.9 Å². The molecule has 0 atom stereocenters. The average Bonchev–Trinajstić information content (AvgIpc) is 2.15. The topological polar surface area (TPSA) is 408 Å². The lowest BCUT2D eigenvalue weighted by Gasteiger charge is -2.22. The first-order valence-corrected chi connectivity index (χ1v) is 30.3. The number of rotatable bonds is 47. The van der Waals surface area contributed by atoms with Crippen LogP contribution in [0.2, 0.25) is 0 Å². The minimum Gasteiger partial charge on any atom is -0.447 e. The molecule has 32 heteroatoms. The number of hydrogen-bond donors (Lipinski definition) is 4. The highest BCUT2D eigenvalue weighted by atomic mass is 16.6. The van der Waals surface area contributed by atoms with Crippen LogP contribution in [0.5, 0.6) is 11.5 Å². The van der Waals surface area contributed by atoms with Crippen LogP contribution < -0.4 is 30.7 Å². The van der Waals surface area contributed by atoms with E-state index in [1.165, 1.54) is 77.7 Å². The summed E-state index contributed by atoms with van der Waals surface area (Å²) in [6.45, 7) is -0.601. The number of nitrogens with zero attached hydrogens (tertiary/aromatic N) is 6. The third-order valence-electron chi connectivity index (χ3n) is 13.6. The van der Waals surface area contributed by atoms with Crippen molar-refractivity contribution in [3.05, 3.63) is 93.1 Å². The van der Waals surface area contributed by atoms with Crippen LogP contribution in [0.4, 0.5) is 21.0 Å². The minimum absolute atomic E-state index is 0.0258. The molecule has 92 heavy (non-hydrogen) atoms. The van der Waals surface area contributed by atoms with E-state index in [1.807, 2.05) is 0 Å². The van der Waals surface area contributed by atoms with Crippen molar-refractivity contribution in [2.45, 2.75) is 103 Å². The number of amides is 10. The van der Waals surface area contributed by atoms with Gasteiger partial charge in [0.15, 0.2) is 0 Å². The van der Waals surface area contributed by atoms with Crippen LogP contribution in [-0.4, -0.2) is 206 Å². The summed E-state index contributed by atoms with van der Waals surface area (Å²) in [5, 5.41) is 32.6. The van der Waals surface area contributed by atoms with Crippen LogP contribution in [0.3, 0.4) is 0 Å². The van der Waals surface area contributed by atoms with E-state index in [0.29, 0.717) is 77.0 Å². The molecule has 0 bridgehead atoms. The highest BCUT2D eigenvalue weighted by Crippen LogP contribution is 2.20. The number of benzene rings is 2. The van der Waals surface area contributed by atoms with E-state index in [0.717, 1.165) is 14.7 Å². The summed E-state index contributed by atoms with van der Waals surface area (Å²) in [6, 6.07) is 10.1. The molecule has 2 aliphatic heterocycles. The number of nitrogens with one attached hydrogen (secondary N) is 4. The van der Waals surface area contributed by atoms with Crippen LogP contribution >= 0.6 is 0 Å². The van der Waals surface area contributed by atoms with Crippen molar-refractivity contribution in [2.24, 2.45) is 0 Å². The fourth-order valence-electron chi connectivity index (χ4n) is 8.66. The van der Waals surface area contributed by atoms with Gasteiger partial charge in [0.05, 0.1) is 36.3 Å². The molecular weight excluding hydrogens is 1210 g/mol. The van der Waals surface area contributed by atoms with Gasteiger partial charge in [-0.15, -0.1) is 0 Å². The van der Waals surface area contributed by atoms with E-state index in [9.17, 15) is 77.8 Å². The zero-order valence-corrected chi connectivity index (χ0v) is 51.2. The molecule has 2 aromatic rings. The molecule has 502 valence electrons. The molecule has 2 aromatic carbocycles. The molecule has 0 aliphatic carbocycles. The lowest BCUT2D eigenvalue weighted by molar-refractivity contribution is -0.385. The van der Waals surface area contributed by atoms with E-state index in [-0.39, 0.29) is 176 Å². The molecule has 10 amide bonds. The van der Waals surface area contributed by atoms with Gasteiger partial charge < -0.3 is 54.6 Å². The molecule has 0 spiro atoms. The van der Waals surface area contributed by atoms with E-state index < -0.39 is 58.9 Å². The number of nitro groups is 2. The Hall–Kier alpha value is -9.72. The first kappa shape index (κ1) is 74.7. The lowest BCUT2D eigenvalue weighted by atomic mass is 10.2. The Morgan fingerprint density at radius 1 is 0.402 bits per heavy atom. The zero-order valence-electron chi connectivity index (χ0n) is 51.2. The molecule has 0 aromatic heterocycles. The van der Waals surface area contributed by atoms with Gasteiger partial charge in [-0.1, -0.05) is 25.7 Å². The number of carbonyl (C=O) groups excluding carboxylic acids is 12.